The second kappa shape index (κ2) is 3.08. The molecule has 2 rings (SSSR count). The maximum atomic E-state index is 11.4. The highest BCUT2D eigenvalue weighted by Crippen LogP contribution is 2.29. The summed E-state index contributed by atoms with van der Waals surface area (Å²) in [5, 5.41) is 0. The number of imide groups is 1. The van der Waals surface area contributed by atoms with Gasteiger partial charge in [0.05, 0.1) is 12.3 Å². The maximum absolute atomic E-state index is 11.4. The summed E-state index contributed by atoms with van der Waals surface area (Å²) in [6.45, 7) is 0. The van der Waals surface area contributed by atoms with Crippen molar-refractivity contribution in [3.63, 3.8) is 0 Å². The maximum Gasteiger partial charge on any atom is 0.254 e. The van der Waals surface area contributed by atoms with Crippen molar-refractivity contribution >= 4 is 17.6 Å². The predicted octanol–water partition coefficient (Wildman–Crippen LogP) is -0.489. The summed E-state index contributed by atoms with van der Waals surface area (Å²) < 4.78 is 0. The zero-order chi connectivity index (χ0) is 10.3. The van der Waals surface area contributed by atoms with Crippen molar-refractivity contribution in [1.82, 2.24) is 4.90 Å². The predicted molar refractivity (Wildman–Crippen MR) is 50.5 cm³/mol. The van der Waals surface area contributed by atoms with Crippen molar-refractivity contribution in [3.8, 4) is 0 Å². The molecule has 1 aliphatic heterocycles. The summed E-state index contributed by atoms with van der Waals surface area (Å²) in [6.07, 6.45) is 2.28. The van der Waals surface area contributed by atoms with Crippen LogP contribution in [-0.2, 0) is 9.59 Å². The third-order valence-electron chi connectivity index (χ3n) is 2.66. The Labute approximate surface area is 82.0 Å². The number of carbonyl (C=O) groups excluding carboxylic acids is 2. The van der Waals surface area contributed by atoms with Crippen molar-refractivity contribution in [3.05, 3.63) is 0 Å². The molecule has 1 aliphatic carbocycles. The van der Waals surface area contributed by atoms with Crippen LogP contribution in [0, 0.1) is 5.92 Å². The molecule has 1 unspecified atom stereocenters. The number of amidine groups is 1. The average Bonchev–Trinajstić information content (AvgIpc) is 2.93. The van der Waals surface area contributed by atoms with E-state index in [4.69, 9.17) is 5.73 Å². The molecule has 76 valence electrons. The molecule has 5 heteroatoms. The third kappa shape index (κ3) is 1.49. The minimum Gasteiger partial charge on any atom is -0.387 e. The lowest BCUT2D eigenvalue weighted by Gasteiger charge is -2.05. The van der Waals surface area contributed by atoms with Gasteiger partial charge in [-0.2, -0.15) is 0 Å². The monoisotopic (exact) mass is 195 g/mol. The van der Waals surface area contributed by atoms with Gasteiger partial charge in [-0.05, 0) is 12.8 Å². The van der Waals surface area contributed by atoms with Crippen LogP contribution in [0.1, 0.15) is 19.3 Å². The van der Waals surface area contributed by atoms with E-state index in [0.717, 1.165) is 17.7 Å². The van der Waals surface area contributed by atoms with E-state index < -0.39 is 6.04 Å². The summed E-state index contributed by atoms with van der Waals surface area (Å²) in [5.74, 6) is 0.473. The van der Waals surface area contributed by atoms with E-state index >= 15 is 0 Å². The zero-order valence-corrected chi connectivity index (χ0v) is 8.06. The Hall–Kier alpha value is -1.39. The Kier molecular flexibility index (Phi) is 2.02. The molecule has 1 heterocycles. The zero-order valence-electron chi connectivity index (χ0n) is 8.06. The van der Waals surface area contributed by atoms with Crippen LogP contribution < -0.4 is 5.73 Å². The molecule has 0 radical (unpaired) electrons. The van der Waals surface area contributed by atoms with E-state index in [1.807, 2.05) is 0 Å². The van der Waals surface area contributed by atoms with Gasteiger partial charge in [0.25, 0.3) is 5.91 Å². The summed E-state index contributed by atoms with van der Waals surface area (Å²) >= 11 is 0. The van der Waals surface area contributed by atoms with Gasteiger partial charge in [-0.3, -0.25) is 19.5 Å². The van der Waals surface area contributed by atoms with Gasteiger partial charge in [-0.15, -0.1) is 0 Å². The van der Waals surface area contributed by atoms with Gasteiger partial charge < -0.3 is 5.73 Å². The van der Waals surface area contributed by atoms with Gasteiger partial charge in [0.1, 0.15) is 6.04 Å². The number of nitrogens with zero attached hydrogens (tertiary/aromatic N) is 2. The van der Waals surface area contributed by atoms with Crippen molar-refractivity contribution in [2.24, 2.45) is 16.6 Å². The van der Waals surface area contributed by atoms with Crippen LogP contribution >= 0.6 is 0 Å². The molecule has 0 aromatic heterocycles. The average molecular weight is 195 g/mol. The van der Waals surface area contributed by atoms with Crippen molar-refractivity contribution in [2.45, 2.75) is 25.3 Å². The molecular formula is C9H13N3O2. The van der Waals surface area contributed by atoms with Gasteiger partial charge in [-0.1, -0.05) is 0 Å². The summed E-state index contributed by atoms with van der Waals surface area (Å²) in [6, 6.07) is -0.562. The lowest BCUT2D eigenvalue weighted by atomic mass is 10.2. The minimum atomic E-state index is -0.562. The SMILES string of the molecule is CN1C(=O)CC(N=C(N)C2CC2)C1=O. The topological polar surface area (TPSA) is 75.8 Å². The minimum absolute atomic E-state index is 0.169. The van der Waals surface area contributed by atoms with Crippen LogP contribution in [0.15, 0.2) is 4.99 Å². The number of nitrogens with two attached hydrogens (primary N) is 1. The van der Waals surface area contributed by atoms with E-state index in [-0.39, 0.29) is 18.2 Å². The normalized spacial score (nSPS) is 28.8. The van der Waals surface area contributed by atoms with E-state index in [0.29, 0.717) is 11.8 Å². The number of carbonyl (C=O) groups is 2. The van der Waals surface area contributed by atoms with E-state index in [2.05, 4.69) is 4.99 Å². The molecule has 0 bridgehead atoms. The second-order valence-corrected chi connectivity index (χ2v) is 3.84. The molecule has 14 heavy (non-hydrogen) atoms. The summed E-state index contributed by atoms with van der Waals surface area (Å²) in [5.41, 5.74) is 5.68. The van der Waals surface area contributed by atoms with Crippen LogP contribution in [0.3, 0.4) is 0 Å². The second-order valence-electron chi connectivity index (χ2n) is 3.84. The van der Waals surface area contributed by atoms with Crippen molar-refractivity contribution in [1.29, 1.82) is 0 Å². The number of likely N-dealkylation sites (N-methyl/N-ethyl adjacent to an activating group) is 1. The summed E-state index contributed by atoms with van der Waals surface area (Å²) in [4.78, 5) is 27.8. The lowest BCUT2D eigenvalue weighted by molar-refractivity contribution is -0.136. The molecule has 0 aromatic carbocycles. The Bertz CT molecular complexity index is 320. The van der Waals surface area contributed by atoms with E-state index in [1.54, 1.807) is 0 Å². The number of amides is 2. The lowest BCUT2D eigenvalue weighted by Crippen LogP contribution is -2.28. The highest BCUT2D eigenvalue weighted by atomic mass is 16.2. The Morgan fingerprint density at radius 3 is 2.57 bits per heavy atom. The number of hydrogen-bond donors (Lipinski definition) is 1. The quantitative estimate of drug-likeness (QED) is 0.367. The molecule has 1 saturated carbocycles. The van der Waals surface area contributed by atoms with Crippen LogP contribution in [0.4, 0.5) is 0 Å². The Morgan fingerprint density at radius 1 is 1.50 bits per heavy atom. The fourth-order valence-corrected chi connectivity index (χ4v) is 1.50. The van der Waals surface area contributed by atoms with Crippen LogP contribution in [0.2, 0.25) is 0 Å². The Balaban J connectivity index is 2.09. The largest absolute Gasteiger partial charge is 0.387 e. The van der Waals surface area contributed by atoms with Gasteiger partial charge in [-0.25, -0.2) is 0 Å². The fourth-order valence-electron chi connectivity index (χ4n) is 1.50. The van der Waals surface area contributed by atoms with Crippen molar-refractivity contribution < 1.29 is 9.59 Å². The molecule has 2 amide bonds. The highest BCUT2D eigenvalue weighted by Gasteiger charge is 2.37. The van der Waals surface area contributed by atoms with Crippen LogP contribution in [0.25, 0.3) is 0 Å². The first-order chi connectivity index (χ1) is 6.59. The fraction of sp³-hybridized carbons (Fsp3) is 0.667. The smallest absolute Gasteiger partial charge is 0.254 e. The molecule has 1 atom stereocenters. The van der Waals surface area contributed by atoms with Crippen molar-refractivity contribution in [2.75, 3.05) is 7.05 Å². The number of likely N-dealkylation sites (tertiary alicyclic amines) is 1. The highest BCUT2D eigenvalue weighted by molar-refractivity contribution is 6.06. The first kappa shape index (κ1) is 9.18. The molecule has 2 aliphatic rings. The Morgan fingerprint density at radius 2 is 2.14 bits per heavy atom. The van der Waals surface area contributed by atoms with Gasteiger partial charge in [0, 0.05) is 13.0 Å². The summed E-state index contributed by atoms with van der Waals surface area (Å²) in [7, 11) is 1.48. The molecule has 2 N–H and O–H groups in total. The first-order valence-electron chi connectivity index (χ1n) is 4.73. The van der Waals surface area contributed by atoms with Crippen LogP contribution in [0.5, 0.6) is 0 Å². The standard InChI is InChI=1S/C9H13N3O2/c1-12-7(13)4-6(9(12)14)11-8(10)5-2-3-5/h5-6H,2-4H2,1H3,(H2,10,11). The van der Waals surface area contributed by atoms with Gasteiger partial charge in [0.15, 0.2) is 0 Å². The molecular weight excluding hydrogens is 182 g/mol. The number of aliphatic imine (C=N–C) groups is 1. The van der Waals surface area contributed by atoms with E-state index in [1.165, 1.54) is 7.05 Å². The first-order valence-corrected chi connectivity index (χ1v) is 4.73. The van der Waals surface area contributed by atoms with Gasteiger partial charge in [0.2, 0.25) is 5.91 Å². The van der Waals surface area contributed by atoms with Crippen LogP contribution in [-0.4, -0.2) is 35.6 Å². The van der Waals surface area contributed by atoms with Gasteiger partial charge >= 0.3 is 0 Å². The number of rotatable bonds is 2. The molecule has 0 spiro atoms. The number of hydrogen-bond acceptors (Lipinski definition) is 3. The molecule has 2 fully saturated rings. The third-order valence-corrected chi connectivity index (χ3v) is 2.66. The molecule has 0 aromatic rings. The molecule has 5 nitrogen and oxygen atoms in total. The molecule has 1 saturated heterocycles. The van der Waals surface area contributed by atoms with E-state index in [9.17, 15) is 9.59 Å².